The van der Waals surface area contributed by atoms with Crippen LogP contribution in [-0.4, -0.2) is 36.2 Å². The van der Waals surface area contributed by atoms with Gasteiger partial charge in [0, 0.05) is 22.7 Å². The largest absolute Gasteiger partial charge is 0.464 e. The van der Waals surface area contributed by atoms with E-state index in [-0.39, 0.29) is 18.2 Å². The van der Waals surface area contributed by atoms with Gasteiger partial charge in [-0.1, -0.05) is 84.9 Å². The molecule has 2 heterocycles. The molecule has 1 fully saturated rings. The Morgan fingerprint density at radius 3 is 2.18 bits per heavy atom. The first kappa shape index (κ1) is 20.6. The molecule has 3 aliphatic rings. The number of esters is 1. The molecule has 0 amide bonds. The third-order valence-electron chi connectivity index (χ3n) is 7.40. The van der Waals surface area contributed by atoms with E-state index in [9.17, 15) is 14.4 Å². The fraction of sp³-hybridized carbons (Fsp3) is 0.207. The maximum absolute atomic E-state index is 14.3. The monoisotopic (exact) mass is 449 g/mol. The molecule has 0 N–H and O–H groups in total. The van der Waals surface area contributed by atoms with E-state index in [4.69, 9.17) is 4.74 Å². The first-order valence-corrected chi connectivity index (χ1v) is 11.6. The second-order valence-corrected chi connectivity index (χ2v) is 8.93. The summed E-state index contributed by atoms with van der Waals surface area (Å²) in [4.78, 5) is 44.1. The van der Waals surface area contributed by atoms with Gasteiger partial charge in [-0.25, -0.2) is 4.79 Å². The van der Waals surface area contributed by atoms with Crippen LogP contribution in [0.3, 0.4) is 0 Å². The Morgan fingerprint density at radius 1 is 0.882 bits per heavy atom. The standard InChI is InChI=1S/C29H23NO4/c1-2-34-28(33)25-24(19-11-4-3-5-12-19)29(26(31)20-13-7-8-14-21(20)27(29)32)23-17-16-18-10-6-9-15-22(18)30(23)25/h3-17,23-25H,2H2,1H3/t23-,24-,25+/m1/s1. The van der Waals surface area contributed by atoms with Crippen LogP contribution in [0.25, 0.3) is 6.08 Å². The molecule has 3 aromatic rings. The fourth-order valence-electron chi connectivity index (χ4n) is 6.15. The van der Waals surface area contributed by atoms with Gasteiger partial charge in [0.2, 0.25) is 0 Å². The van der Waals surface area contributed by atoms with Crippen LogP contribution in [0, 0.1) is 5.41 Å². The highest BCUT2D eigenvalue weighted by atomic mass is 16.5. The van der Waals surface area contributed by atoms with Gasteiger partial charge in [-0.15, -0.1) is 0 Å². The SMILES string of the molecule is CCOC(=O)[C@@H]1[C@@H](c2ccccc2)C2(C(=O)c3ccccc3C2=O)[C@H]2C=Cc3ccccc3N12. The van der Waals surface area contributed by atoms with E-state index >= 15 is 0 Å². The molecular weight excluding hydrogens is 426 g/mol. The van der Waals surface area contributed by atoms with Crippen LogP contribution >= 0.6 is 0 Å². The molecule has 5 heteroatoms. The summed E-state index contributed by atoms with van der Waals surface area (Å²) in [7, 11) is 0. The number of carbonyl (C=O) groups is 3. The fourth-order valence-corrected chi connectivity index (χ4v) is 6.15. The summed E-state index contributed by atoms with van der Waals surface area (Å²) in [6.45, 7) is 1.98. The maximum atomic E-state index is 14.3. The van der Waals surface area contributed by atoms with Gasteiger partial charge in [-0.05, 0) is 24.1 Å². The number of Topliss-reactive ketones (excluding diaryl/α,β-unsaturated/α-hetero) is 2. The molecule has 0 saturated carbocycles. The number of ketones is 2. The smallest absolute Gasteiger partial charge is 0.329 e. The van der Waals surface area contributed by atoms with Crippen molar-refractivity contribution in [2.45, 2.75) is 24.9 Å². The molecule has 0 unspecified atom stereocenters. The molecular formula is C29H23NO4. The lowest BCUT2D eigenvalue weighted by atomic mass is 9.65. The minimum absolute atomic E-state index is 0.210. The van der Waals surface area contributed by atoms with Crippen LogP contribution in [0.15, 0.2) is 84.9 Å². The summed E-state index contributed by atoms with van der Waals surface area (Å²) in [5, 5.41) is 0. The average molecular weight is 450 g/mol. The van der Waals surface area contributed by atoms with Gasteiger partial charge >= 0.3 is 5.97 Å². The number of para-hydroxylation sites is 1. The Kier molecular flexibility index (Phi) is 4.56. The summed E-state index contributed by atoms with van der Waals surface area (Å²) < 4.78 is 5.56. The minimum Gasteiger partial charge on any atom is -0.464 e. The van der Waals surface area contributed by atoms with E-state index in [1.54, 1.807) is 31.2 Å². The summed E-state index contributed by atoms with van der Waals surface area (Å²) in [6, 6.07) is 22.7. The van der Waals surface area contributed by atoms with E-state index < -0.39 is 29.4 Å². The van der Waals surface area contributed by atoms with Gasteiger partial charge in [0.25, 0.3) is 0 Å². The number of anilines is 1. The maximum Gasteiger partial charge on any atom is 0.329 e. The van der Waals surface area contributed by atoms with E-state index in [1.807, 2.05) is 71.6 Å². The Labute approximate surface area is 197 Å². The highest BCUT2D eigenvalue weighted by Crippen LogP contribution is 2.60. The Bertz CT molecular complexity index is 1320. The Balaban J connectivity index is 1.68. The van der Waals surface area contributed by atoms with Gasteiger partial charge in [-0.3, -0.25) is 9.59 Å². The number of carbonyl (C=O) groups excluding carboxylic acids is 3. The summed E-state index contributed by atoms with van der Waals surface area (Å²) in [5.74, 6) is -1.60. The van der Waals surface area contributed by atoms with Crippen LogP contribution in [-0.2, 0) is 9.53 Å². The molecule has 168 valence electrons. The predicted molar refractivity (Wildman–Crippen MR) is 129 cm³/mol. The van der Waals surface area contributed by atoms with E-state index in [1.165, 1.54) is 0 Å². The number of benzene rings is 3. The second kappa shape index (κ2) is 7.52. The van der Waals surface area contributed by atoms with Gasteiger partial charge in [0.1, 0.15) is 11.5 Å². The van der Waals surface area contributed by atoms with E-state index in [2.05, 4.69) is 0 Å². The van der Waals surface area contributed by atoms with Crippen molar-refractivity contribution in [1.82, 2.24) is 0 Å². The van der Waals surface area contributed by atoms with Crippen LogP contribution < -0.4 is 4.90 Å². The molecule has 2 aliphatic heterocycles. The number of ether oxygens (including phenoxy) is 1. The average Bonchev–Trinajstić information content (AvgIpc) is 3.31. The zero-order valence-corrected chi connectivity index (χ0v) is 18.7. The van der Waals surface area contributed by atoms with Gasteiger partial charge in [-0.2, -0.15) is 0 Å². The minimum atomic E-state index is -1.47. The molecule has 1 spiro atoms. The zero-order chi connectivity index (χ0) is 23.4. The highest BCUT2D eigenvalue weighted by Gasteiger charge is 2.71. The molecule has 3 aromatic carbocycles. The number of rotatable bonds is 3. The number of nitrogens with zero attached hydrogens (tertiary/aromatic N) is 1. The third kappa shape index (κ3) is 2.52. The third-order valence-corrected chi connectivity index (χ3v) is 7.40. The lowest BCUT2D eigenvalue weighted by molar-refractivity contribution is -0.145. The number of hydrogen-bond acceptors (Lipinski definition) is 5. The van der Waals surface area contributed by atoms with E-state index in [0.29, 0.717) is 11.1 Å². The molecule has 5 nitrogen and oxygen atoms in total. The van der Waals surface area contributed by atoms with Crippen molar-refractivity contribution in [3.63, 3.8) is 0 Å². The molecule has 0 bridgehead atoms. The van der Waals surface area contributed by atoms with Crippen molar-refractivity contribution < 1.29 is 19.1 Å². The predicted octanol–water partition coefficient (Wildman–Crippen LogP) is 4.68. The first-order chi connectivity index (χ1) is 16.6. The Hall–Kier alpha value is -3.99. The zero-order valence-electron chi connectivity index (χ0n) is 18.7. The molecule has 6 rings (SSSR count). The normalized spacial score (nSPS) is 23.6. The lowest BCUT2D eigenvalue weighted by Gasteiger charge is -2.36. The molecule has 3 atom stereocenters. The first-order valence-electron chi connectivity index (χ1n) is 11.6. The van der Waals surface area contributed by atoms with Crippen molar-refractivity contribution in [3.05, 3.63) is 107 Å². The second-order valence-electron chi connectivity index (χ2n) is 8.93. The highest BCUT2D eigenvalue weighted by molar-refractivity contribution is 6.32. The van der Waals surface area contributed by atoms with Gasteiger partial charge < -0.3 is 9.64 Å². The summed E-state index contributed by atoms with van der Waals surface area (Å²) in [6.07, 6.45) is 3.87. The van der Waals surface area contributed by atoms with Crippen LogP contribution in [0.5, 0.6) is 0 Å². The van der Waals surface area contributed by atoms with Crippen molar-refractivity contribution >= 4 is 29.3 Å². The topological polar surface area (TPSA) is 63.7 Å². The van der Waals surface area contributed by atoms with Crippen LogP contribution in [0.4, 0.5) is 5.69 Å². The molecule has 34 heavy (non-hydrogen) atoms. The molecule has 1 saturated heterocycles. The van der Waals surface area contributed by atoms with Gasteiger partial charge in [0.15, 0.2) is 11.6 Å². The Morgan fingerprint density at radius 2 is 1.50 bits per heavy atom. The number of hydrogen-bond donors (Lipinski definition) is 0. The van der Waals surface area contributed by atoms with Crippen LogP contribution in [0.2, 0.25) is 0 Å². The van der Waals surface area contributed by atoms with Crippen molar-refractivity contribution in [3.8, 4) is 0 Å². The quantitative estimate of drug-likeness (QED) is 0.429. The van der Waals surface area contributed by atoms with Gasteiger partial charge in [0.05, 0.1) is 12.6 Å². The molecule has 0 radical (unpaired) electrons. The van der Waals surface area contributed by atoms with Crippen molar-refractivity contribution in [2.24, 2.45) is 5.41 Å². The summed E-state index contributed by atoms with van der Waals surface area (Å²) >= 11 is 0. The molecule has 0 aromatic heterocycles. The van der Waals surface area contributed by atoms with Crippen molar-refractivity contribution in [1.29, 1.82) is 0 Å². The van der Waals surface area contributed by atoms with Crippen LogP contribution in [0.1, 0.15) is 44.7 Å². The summed E-state index contributed by atoms with van der Waals surface area (Å²) in [5.41, 5.74) is 1.91. The van der Waals surface area contributed by atoms with Crippen molar-refractivity contribution in [2.75, 3.05) is 11.5 Å². The number of fused-ring (bicyclic) bond motifs is 5. The van der Waals surface area contributed by atoms with E-state index in [0.717, 1.165) is 16.8 Å². The lowest BCUT2D eigenvalue weighted by Crippen LogP contribution is -2.48. The molecule has 1 aliphatic carbocycles.